The van der Waals surface area contributed by atoms with Crippen LogP contribution in [0, 0.1) is 0 Å². The average molecular weight is 333 g/mol. The standard InChI is InChI=1S/C12H8BrF3N2O/c13-9-5-7(17)6-18-11(9)19-10-4-2-1-3-8(10)12(14,15)16/h1-6H,17H2. The molecule has 0 aliphatic rings. The summed E-state index contributed by atoms with van der Waals surface area (Å²) in [5.41, 5.74) is 5.01. The topological polar surface area (TPSA) is 48.1 Å². The maximum atomic E-state index is 12.8. The Bertz CT molecular complexity index is 602. The zero-order chi connectivity index (χ0) is 14.0. The van der Waals surface area contributed by atoms with Crippen LogP contribution >= 0.6 is 15.9 Å². The zero-order valence-corrected chi connectivity index (χ0v) is 11.0. The van der Waals surface area contributed by atoms with Crippen molar-refractivity contribution in [3.8, 4) is 11.6 Å². The highest BCUT2D eigenvalue weighted by Gasteiger charge is 2.34. The Morgan fingerprint density at radius 2 is 1.89 bits per heavy atom. The summed E-state index contributed by atoms with van der Waals surface area (Å²) in [5.74, 6) is -0.293. The third-order valence-corrected chi connectivity index (χ3v) is 2.80. The van der Waals surface area contributed by atoms with Crippen LogP contribution in [0.2, 0.25) is 0 Å². The van der Waals surface area contributed by atoms with Crippen LogP contribution in [0.1, 0.15) is 5.56 Å². The molecule has 3 nitrogen and oxygen atoms in total. The van der Waals surface area contributed by atoms with Crippen LogP contribution in [0.4, 0.5) is 18.9 Å². The van der Waals surface area contributed by atoms with Crippen LogP contribution in [-0.2, 0) is 6.18 Å². The molecule has 2 aromatic rings. The second-order valence-corrected chi connectivity index (χ2v) is 4.51. The van der Waals surface area contributed by atoms with Crippen LogP contribution in [0.5, 0.6) is 11.6 Å². The van der Waals surface area contributed by atoms with E-state index in [1.54, 1.807) is 0 Å². The monoisotopic (exact) mass is 332 g/mol. The first kappa shape index (κ1) is 13.7. The summed E-state index contributed by atoms with van der Waals surface area (Å²) in [6.45, 7) is 0. The predicted octanol–water partition coefficient (Wildman–Crippen LogP) is 4.24. The van der Waals surface area contributed by atoms with E-state index in [9.17, 15) is 13.2 Å². The molecule has 1 heterocycles. The number of nitrogens with two attached hydrogens (primary N) is 1. The molecule has 7 heteroatoms. The molecule has 0 fully saturated rings. The lowest BCUT2D eigenvalue weighted by molar-refractivity contribution is -0.138. The molecule has 0 aliphatic carbocycles. The van der Waals surface area contributed by atoms with Gasteiger partial charge in [-0.15, -0.1) is 0 Å². The summed E-state index contributed by atoms with van der Waals surface area (Å²) in [4.78, 5) is 3.83. The summed E-state index contributed by atoms with van der Waals surface area (Å²) >= 11 is 3.13. The number of rotatable bonds is 2. The number of alkyl halides is 3. The molecule has 0 radical (unpaired) electrons. The Morgan fingerprint density at radius 1 is 1.21 bits per heavy atom. The number of halogens is 4. The van der Waals surface area contributed by atoms with Gasteiger partial charge < -0.3 is 10.5 Å². The fourth-order valence-electron chi connectivity index (χ4n) is 1.41. The third-order valence-electron chi connectivity index (χ3n) is 2.23. The molecule has 19 heavy (non-hydrogen) atoms. The van der Waals surface area contributed by atoms with Crippen molar-refractivity contribution in [1.29, 1.82) is 0 Å². The molecule has 2 rings (SSSR count). The number of ether oxygens (including phenoxy) is 1. The van der Waals surface area contributed by atoms with E-state index < -0.39 is 11.7 Å². The number of hydrogen-bond acceptors (Lipinski definition) is 3. The second-order valence-electron chi connectivity index (χ2n) is 3.65. The summed E-state index contributed by atoms with van der Waals surface area (Å²) in [6, 6.07) is 6.42. The van der Waals surface area contributed by atoms with Crippen LogP contribution in [-0.4, -0.2) is 4.98 Å². The van der Waals surface area contributed by atoms with Gasteiger partial charge in [0, 0.05) is 0 Å². The minimum Gasteiger partial charge on any atom is -0.437 e. The number of para-hydroxylation sites is 1. The first-order valence-corrected chi connectivity index (χ1v) is 5.92. The fraction of sp³-hybridized carbons (Fsp3) is 0.0833. The van der Waals surface area contributed by atoms with Crippen molar-refractivity contribution in [2.45, 2.75) is 6.18 Å². The maximum absolute atomic E-state index is 12.8. The Kier molecular flexibility index (Phi) is 3.66. The van der Waals surface area contributed by atoms with Gasteiger partial charge in [-0.05, 0) is 34.1 Å². The van der Waals surface area contributed by atoms with Crippen molar-refractivity contribution in [3.05, 3.63) is 46.6 Å². The fourth-order valence-corrected chi connectivity index (χ4v) is 1.86. The van der Waals surface area contributed by atoms with Gasteiger partial charge in [0.05, 0.1) is 21.9 Å². The minimum atomic E-state index is -4.49. The molecule has 0 saturated heterocycles. The highest BCUT2D eigenvalue weighted by Crippen LogP contribution is 2.38. The van der Waals surface area contributed by atoms with E-state index in [1.165, 1.54) is 30.5 Å². The number of nitrogens with zero attached hydrogens (tertiary/aromatic N) is 1. The van der Waals surface area contributed by atoms with Crippen LogP contribution in [0.15, 0.2) is 41.0 Å². The minimum absolute atomic E-state index is 0.0194. The molecule has 1 aromatic carbocycles. The average Bonchev–Trinajstić information content (AvgIpc) is 2.32. The lowest BCUT2D eigenvalue weighted by Crippen LogP contribution is -2.07. The normalized spacial score (nSPS) is 11.4. The van der Waals surface area contributed by atoms with Gasteiger partial charge in [0.15, 0.2) is 0 Å². The van der Waals surface area contributed by atoms with E-state index in [0.717, 1.165) is 6.07 Å². The van der Waals surface area contributed by atoms with Crippen LogP contribution < -0.4 is 10.5 Å². The van der Waals surface area contributed by atoms with Crippen LogP contribution in [0.3, 0.4) is 0 Å². The van der Waals surface area contributed by atoms with Gasteiger partial charge in [0.1, 0.15) is 5.75 Å². The molecule has 2 N–H and O–H groups in total. The number of nitrogen functional groups attached to an aromatic ring is 1. The molecule has 100 valence electrons. The molecule has 0 unspecified atom stereocenters. The molecular weight excluding hydrogens is 325 g/mol. The van der Waals surface area contributed by atoms with E-state index in [4.69, 9.17) is 10.5 Å². The summed E-state index contributed by atoms with van der Waals surface area (Å²) in [7, 11) is 0. The molecule has 0 amide bonds. The molecular formula is C12H8BrF3N2O. The number of hydrogen-bond donors (Lipinski definition) is 1. The molecule has 0 atom stereocenters. The molecule has 0 bridgehead atoms. The summed E-state index contributed by atoms with van der Waals surface area (Å²) in [6.07, 6.45) is -3.19. The lowest BCUT2D eigenvalue weighted by Gasteiger charge is -2.13. The Labute approximate surface area is 115 Å². The number of benzene rings is 1. The number of pyridine rings is 1. The van der Waals surface area contributed by atoms with Crippen molar-refractivity contribution in [2.75, 3.05) is 5.73 Å². The Hall–Kier alpha value is -1.76. The SMILES string of the molecule is Nc1cnc(Oc2ccccc2C(F)(F)F)c(Br)c1. The second kappa shape index (κ2) is 5.08. The van der Waals surface area contributed by atoms with Crippen LogP contribution in [0.25, 0.3) is 0 Å². The van der Waals surface area contributed by atoms with E-state index in [0.29, 0.717) is 10.2 Å². The van der Waals surface area contributed by atoms with Gasteiger partial charge in [-0.3, -0.25) is 0 Å². The third kappa shape index (κ3) is 3.17. The lowest BCUT2D eigenvalue weighted by atomic mass is 10.2. The van der Waals surface area contributed by atoms with Crippen molar-refractivity contribution in [2.24, 2.45) is 0 Å². The Morgan fingerprint density at radius 3 is 2.53 bits per heavy atom. The number of anilines is 1. The van der Waals surface area contributed by atoms with Gasteiger partial charge in [0.2, 0.25) is 5.88 Å². The van der Waals surface area contributed by atoms with E-state index in [-0.39, 0.29) is 11.6 Å². The van der Waals surface area contributed by atoms with Gasteiger partial charge in [-0.2, -0.15) is 13.2 Å². The molecule has 0 saturated carbocycles. The largest absolute Gasteiger partial charge is 0.437 e. The van der Waals surface area contributed by atoms with Gasteiger partial charge in [-0.25, -0.2) is 4.98 Å². The van der Waals surface area contributed by atoms with E-state index >= 15 is 0 Å². The molecule has 0 spiro atoms. The maximum Gasteiger partial charge on any atom is 0.419 e. The van der Waals surface area contributed by atoms with Crippen molar-refractivity contribution >= 4 is 21.6 Å². The molecule has 0 aliphatic heterocycles. The highest BCUT2D eigenvalue weighted by molar-refractivity contribution is 9.10. The first-order valence-electron chi connectivity index (χ1n) is 5.13. The summed E-state index contributed by atoms with van der Waals surface area (Å²) < 4.78 is 43.9. The van der Waals surface area contributed by atoms with Crippen molar-refractivity contribution in [3.63, 3.8) is 0 Å². The van der Waals surface area contributed by atoms with E-state index in [1.807, 2.05) is 0 Å². The Balaban J connectivity index is 2.39. The first-order chi connectivity index (χ1) is 8.88. The molecule has 1 aromatic heterocycles. The predicted molar refractivity (Wildman–Crippen MR) is 67.9 cm³/mol. The van der Waals surface area contributed by atoms with Gasteiger partial charge >= 0.3 is 6.18 Å². The smallest absolute Gasteiger partial charge is 0.419 e. The highest BCUT2D eigenvalue weighted by atomic mass is 79.9. The van der Waals surface area contributed by atoms with E-state index in [2.05, 4.69) is 20.9 Å². The van der Waals surface area contributed by atoms with Crippen molar-refractivity contribution < 1.29 is 17.9 Å². The number of aromatic nitrogens is 1. The van der Waals surface area contributed by atoms with Gasteiger partial charge in [0.25, 0.3) is 0 Å². The van der Waals surface area contributed by atoms with Gasteiger partial charge in [-0.1, -0.05) is 12.1 Å². The summed E-state index contributed by atoms with van der Waals surface area (Å²) in [5, 5.41) is 0. The zero-order valence-electron chi connectivity index (χ0n) is 9.41. The van der Waals surface area contributed by atoms with Crippen molar-refractivity contribution in [1.82, 2.24) is 4.98 Å². The quantitative estimate of drug-likeness (QED) is 0.894.